The number of hydrogen-bond acceptors (Lipinski definition) is 3. The van der Waals surface area contributed by atoms with Gasteiger partial charge in [-0.05, 0) is 12.5 Å². The SMILES string of the molecule is CC(=O)N1N=C(c2ccccc2)C(C)C1=O. The van der Waals surface area contributed by atoms with E-state index in [1.165, 1.54) is 6.92 Å². The molecule has 4 heteroatoms. The minimum atomic E-state index is -0.355. The predicted octanol–water partition coefficient (Wildman–Crippen LogP) is 1.42. The molecule has 0 N–H and O–H groups in total. The third-order valence-electron chi connectivity index (χ3n) is 2.56. The molecule has 1 aromatic rings. The van der Waals surface area contributed by atoms with Crippen LogP contribution in [-0.4, -0.2) is 22.5 Å². The number of amides is 2. The van der Waals surface area contributed by atoms with Crippen LogP contribution in [0.3, 0.4) is 0 Å². The first-order valence-electron chi connectivity index (χ1n) is 5.09. The summed E-state index contributed by atoms with van der Waals surface area (Å²) in [5.74, 6) is -0.958. The highest BCUT2D eigenvalue weighted by Gasteiger charge is 2.34. The predicted molar refractivity (Wildman–Crippen MR) is 59.7 cm³/mol. The molecule has 0 bridgehead atoms. The van der Waals surface area contributed by atoms with E-state index in [4.69, 9.17) is 0 Å². The fourth-order valence-electron chi connectivity index (χ4n) is 1.69. The normalized spacial score (nSPS) is 19.9. The van der Waals surface area contributed by atoms with Gasteiger partial charge in [-0.3, -0.25) is 9.59 Å². The van der Waals surface area contributed by atoms with Crippen molar-refractivity contribution in [1.29, 1.82) is 0 Å². The van der Waals surface area contributed by atoms with Crippen LogP contribution in [-0.2, 0) is 9.59 Å². The van der Waals surface area contributed by atoms with Gasteiger partial charge in [0.1, 0.15) is 0 Å². The maximum Gasteiger partial charge on any atom is 0.258 e. The van der Waals surface area contributed by atoms with E-state index in [1.54, 1.807) is 6.92 Å². The van der Waals surface area contributed by atoms with Gasteiger partial charge in [-0.1, -0.05) is 30.3 Å². The van der Waals surface area contributed by atoms with Gasteiger partial charge in [0.2, 0.25) is 5.91 Å². The quantitative estimate of drug-likeness (QED) is 0.712. The molecule has 2 rings (SSSR count). The van der Waals surface area contributed by atoms with E-state index in [0.717, 1.165) is 10.6 Å². The molecule has 82 valence electrons. The van der Waals surface area contributed by atoms with Gasteiger partial charge in [0.25, 0.3) is 5.91 Å². The Kier molecular flexibility index (Phi) is 2.56. The van der Waals surface area contributed by atoms with Crippen molar-refractivity contribution in [2.75, 3.05) is 0 Å². The van der Waals surface area contributed by atoms with E-state index in [0.29, 0.717) is 5.71 Å². The first-order chi connectivity index (χ1) is 7.61. The highest BCUT2D eigenvalue weighted by Crippen LogP contribution is 2.20. The summed E-state index contributed by atoms with van der Waals surface area (Å²) in [4.78, 5) is 22.9. The standard InChI is InChI=1S/C12H12N2O2/c1-8-11(10-6-4-3-5-7-10)13-14(9(2)15)12(8)16/h3-8H,1-2H3. The van der Waals surface area contributed by atoms with E-state index in [-0.39, 0.29) is 17.7 Å². The second-order valence-electron chi connectivity index (χ2n) is 3.74. The fourth-order valence-corrected chi connectivity index (χ4v) is 1.69. The zero-order chi connectivity index (χ0) is 11.7. The van der Waals surface area contributed by atoms with Crippen molar-refractivity contribution in [3.63, 3.8) is 0 Å². The van der Waals surface area contributed by atoms with Crippen LogP contribution in [0.2, 0.25) is 0 Å². The summed E-state index contributed by atoms with van der Waals surface area (Å²) >= 11 is 0. The first-order valence-corrected chi connectivity index (χ1v) is 5.09. The number of carbonyl (C=O) groups is 2. The van der Waals surface area contributed by atoms with E-state index in [1.807, 2.05) is 30.3 Å². The number of hydrogen-bond donors (Lipinski definition) is 0. The summed E-state index contributed by atoms with van der Waals surface area (Å²) in [6.07, 6.45) is 0. The van der Waals surface area contributed by atoms with Gasteiger partial charge >= 0.3 is 0 Å². The number of nitrogens with zero attached hydrogens (tertiary/aromatic N) is 2. The van der Waals surface area contributed by atoms with Crippen LogP contribution in [0, 0.1) is 5.92 Å². The van der Waals surface area contributed by atoms with Crippen LogP contribution in [0.4, 0.5) is 0 Å². The Bertz CT molecular complexity index is 465. The van der Waals surface area contributed by atoms with E-state index in [9.17, 15) is 9.59 Å². The van der Waals surface area contributed by atoms with Gasteiger partial charge in [-0.2, -0.15) is 10.1 Å². The summed E-state index contributed by atoms with van der Waals surface area (Å²) in [5, 5.41) is 5.01. The maximum atomic E-state index is 11.7. The molecule has 1 aliphatic heterocycles. The molecule has 4 nitrogen and oxygen atoms in total. The lowest BCUT2D eigenvalue weighted by molar-refractivity contribution is -0.143. The third-order valence-corrected chi connectivity index (χ3v) is 2.56. The second kappa shape index (κ2) is 3.89. The minimum absolute atomic E-state index is 0.258. The Morgan fingerprint density at radius 2 is 1.94 bits per heavy atom. The molecular weight excluding hydrogens is 204 g/mol. The van der Waals surface area contributed by atoms with E-state index >= 15 is 0 Å². The van der Waals surface area contributed by atoms with Gasteiger partial charge in [0.05, 0.1) is 11.6 Å². The van der Waals surface area contributed by atoms with Crippen molar-refractivity contribution in [2.24, 2.45) is 11.0 Å². The second-order valence-corrected chi connectivity index (χ2v) is 3.74. The monoisotopic (exact) mass is 216 g/mol. The highest BCUT2D eigenvalue weighted by atomic mass is 16.2. The zero-order valence-corrected chi connectivity index (χ0v) is 9.18. The molecular formula is C12H12N2O2. The first kappa shape index (κ1) is 10.5. The van der Waals surface area contributed by atoms with Crippen molar-refractivity contribution >= 4 is 17.5 Å². The van der Waals surface area contributed by atoms with Crippen LogP contribution < -0.4 is 0 Å². The molecule has 16 heavy (non-hydrogen) atoms. The molecule has 1 unspecified atom stereocenters. The highest BCUT2D eigenvalue weighted by molar-refractivity contribution is 6.19. The van der Waals surface area contributed by atoms with E-state index in [2.05, 4.69) is 5.10 Å². The average molecular weight is 216 g/mol. The summed E-state index contributed by atoms with van der Waals surface area (Å²) < 4.78 is 0. The summed E-state index contributed by atoms with van der Waals surface area (Å²) in [6, 6.07) is 9.42. The van der Waals surface area contributed by atoms with Gasteiger partial charge in [0.15, 0.2) is 0 Å². The molecule has 1 aliphatic rings. The van der Waals surface area contributed by atoms with Crippen LogP contribution in [0.1, 0.15) is 19.4 Å². The number of hydrazone groups is 1. The molecule has 0 saturated heterocycles. The van der Waals surface area contributed by atoms with Crippen molar-refractivity contribution in [1.82, 2.24) is 5.01 Å². The molecule has 0 saturated carbocycles. The van der Waals surface area contributed by atoms with Crippen molar-refractivity contribution in [3.8, 4) is 0 Å². The van der Waals surface area contributed by atoms with Gasteiger partial charge < -0.3 is 0 Å². The van der Waals surface area contributed by atoms with Crippen LogP contribution in [0.5, 0.6) is 0 Å². The molecule has 2 amide bonds. The maximum absolute atomic E-state index is 11.7. The fraction of sp³-hybridized carbons (Fsp3) is 0.250. The van der Waals surface area contributed by atoms with Gasteiger partial charge in [-0.15, -0.1) is 0 Å². The van der Waals surface area contributed by atoms with Crippen LogP contribution in [0.15, 0.2) is 35.4 Å². The number of carbonyl (C=O) groups excluding carboxylic acids is 2. The van der Waals surface area contributed by atoms with Crippen LogP contribution in [0.25, 0.3) is 0 Å². The lowest BCUT2D eigenvalue weighted by Crippen LogP contribution is -2.29. The lowest BCUT2D eigenvalue weighted by atomic mass is 9.99. The van der Waals surface area contributed by atoms with Crippen molar-refractivity contribution < 1.29 is 9.59 Å². The largest absolute Gasteiger partial charge is 0.273 e. The Labute approximate surface area is 93.6 Å². The smallest absolute Gasteiger partial charge is 0.258 e. The number of imide groups is 1. The summed E-state index contributed by atoms with van der Waals surface area (Å²) in [7, 11) is 0. The molecule has 1 atom stereocenters. The Morgan fingerprint density at radius 1 is 1.31 bits per heavy atom. The number of rotatable bonds is 1. The zero-order valence-electron chi connectivity index (χ0n) is 9.18. The van der Waals surface area contributed by atoms with Gasteiger partial charge in [-0.25, -0.2) is 0 Å². The van der Waals surface area contributed by atoms with E-state index < -0.39 is 0 Å². The topological polar surface area (TPSA) is 49.7 Å². The number of benzene rings is 1. The minimum Gasteiger partial charge on any atom is -0.273 e. The molecule has 0 aliphatic carbocycles. The Morgan fingerprint density at radius 3 is 2.44 bits per heavy atom. The molecule has 0 spiro atoms. The summed E-state index contributed by atoms with van der Waals surface area (Å²) in [6.45, 7) is 3.10. The molecule has 0 fully saturated rings. The molecule has 0 radical (unpaired) electrons. The van der Waals surface area contributed by atoms with Crippen molar-refractivity contribution in [3.05, 3.63) is 35.9 Å². The molecule has 0 aromatic heterocycles. The molecule has 1 heterocycles. The van der Waals surface area contributed by atoms with Crippen molar-refractivity contribution in [2.45, 2.75) is 13.8 Å². The average Bonchev–Trinajstić information content (AvgIpc) is 2.58. The Balaban J connectivity index is 2.40. The third kappa shape index (κ3) is 1.62. The Hall–Kier alpha value is -1.97. The summed E-state index contributed by atoms with van der Waals surface area (Å²) in [5.41, 5.74) is 1.54. The molecule has 1 aromatic carbocycles. The lowest BCUT2D eigenvalue weighted by Gasteiger charge is -2.06. The van der Waals surface area contributed by atoms with Crippen LogP contribution >= 0.6 is 0 Å². The van der Waals surface area contributed by atoms with Gasteiger partial charge in [0, 0.05) is 6.92 Å².